The smallest absolute Gasteiger partial charge is 0.250 e. The predicted octanol–water partition coefficient (Wildman–Crippen LogP) is 2.54. The number of sulfonamides is 1. The number of nitrogens with one attached hydrogen (secondary N) is 2. The Hall–Kier alpha value is -1.70. The van der Waals surface area contributed by atoms with Crippen molar-refractivity contribution in [3.8, 4) is 0 Å². The summed E-state index contributed by atoms with van der Waals surface area (Å²) in [7, 11) is -3.66. The van der Waals surface area contributed by atoms with Crippen molar-refractivity contribution in [1.29, 1.82) is 0 Å². The van der Waals surface area contributed by atoms with Gasteiger partial charge < -0.3 is 5.32 Å². The van der Waals surface area contributed by atoms with Crippen LogP contribution in [0.15, 0.2) is 39.9 Å². The van der Waals surface area contributed by atoms with Crippen LogP contribution in [0, 0.1) is 0 Å². The van der Waals surface area contributed by atoms with Crippen molar-refractivity contribution in [3.05, 3.63) is 46.8 Å². The molecule has 1 aliphatic rings. The lowest BCUT2D eigenvalue weighted by molar-refractivity contribution is -0.117. The Balaban J connectivity index is 1.66. The van der Waals surface area contributed by atoms with Gasteiger partial charge in [-0.3, -0.25) is 4.79 Å². The molecule has 7 heteroatoms. The molecular formula is C16H18N2O3S2. The molecule has 5 nitrogen and oxygen atoms in total. The van der Waals surface area contributed by atoms with Crippen LogP contribution in [0.25, 0.3) is 0 Å². The fourth-order valence-corrected chi connectivity index (χ4v) is 4.87. The minimum absolute atomic E-state index is 0.203. The third kappa shape index (κ3) is 3.63. The highest BCUT2D eigenvalue weighted by Gasteiger charge is 2.23. The predicted molar refractivity (Wildman–Crippen MR) is 91.2 cm³/mol. The van der Waals surface area contributed by atoms with E-state index < -0.39 is 16.1 Å². The second-order valence-electron chi connectivity index (χ2n) is 5.60. The summed E-state index contributed by atoms with van der Waals surface area (Å²) in [4.78, 5) is 12.2. The second kappa shape index (κ2) is 6.43. The largest absolute Gasteiger partial charge is 0.325 e. The number of carbonyl (C=O) groups is 1. The number of fused-ring (bicyclic) bond motifs is 1. The molecule has 1 unspecified atom stereocenters. The number of anilines is 1. The van der Waals surface area contributed by atoms with E-state index in [0.29, 0.717) is 5.69 Å². The third-order valence-electron chi connectivity index (χ3n) is 3.85. The van der Waals surface area contributed by atoms with E-state index in [2.05, 4.69) is 10.0 Å². The third-order valence-corrected chi connectivity index (χ3v) is 6.79. The zero-order valence-electron chi connectivity index (χ0n) is 12.7. The van der Waals surface area contributed by atoms with Gasteiger partial charge in [0, 0.05) is 5.69 Å². The number of thiophene rings is 1. The summed E-state index contributed by atoms with van der Waals surface area (Å²) in [6.07, 6.45) is 3.25. The first-order valence-corrected chi connectivity index (χ1v) is 9.80. The van der Waals surface area contributed by atoms with Crippen LogP contribution < -0.4 is 10.0 Å². The van der Waals surface area contributed by atoms with Gasteiger partial charge in [0.2, 0.25) is 5.91 Å². The molecule has 0 radical (unpaired) electrons. The minimum atomic E-state index is -3.66. The summed E-state index contributed by atoms with van der Waals surface area (Å²) >= 11 is 1.12. The molecule has 0 saturated heterocycles. The fraction of sp³-hybridized carbons (Fsp3) is 0.312. The van der Waals surface area contributed by atoms with Crippen LogP contribution in [0.5, 0.6) is 0 Å². The minimum Gasteiger partial charge on any atom is -0.325 e. The lowest BCUT2D eigenvalue weighted by atomic mass is 10.1. The van der Waals surface area contributed by atoms with Gasteiger partial charge in [-0.05, 0) is 60.9 Å². The zero-order chi connectivity index (χ0) is 16.4. The van der Waals surface area contributed by atoms with E-state index in [0.717, 1.165) is 30.6 Å². The van der Waals surface area contributed by atoms with Crippen LogP contribution in [0.1, 0.15) is 24.5 Å². The van der Waals surface area contributed by atoms with Gasteiger partial charge in [0.05, 0.1) is 6.04 Å². The number of aryl methyl sites for hydroxylation is 2. The van der Waals surface area contributed by atoms with Crippen molar-refractivity contribution < 1.29 is 13.2 Å². The Labute approximate surface area is 139 Å². The first-order valence-electron chi connectivity index (χ1n) is 7.44. The van der Waals surface area contributed by atoms with Gasteiger partial charge in [-0.2, -0.15) is 4.72 Å². The molecule has 1 aromatic carbocycles. The average Bonchev–Trinajstić information content (AvgIpc) is 3.18. The molecule has 0 spiro atoms. The van der Waals surface area contributed by atoms with Crippen LogP contribution in [-0.4, -0.2) is 20.4 Å². The zero-order valence-corrected chi connectivity index (χ0v) is 14.3. The average molecular weight is 350 g/mol. The van der Waals surface area contributed by atoms with E-state index >= 15 is 0 Å². The number of rotatable bonds is 5. The molecule has 1 atom stereocenters. The summed E-state index contributed by atoms with van der Waals surface area (Å²) in [5.41, 5.74) is 3.29. The molecule has 0 saturated carbocycles. The second-order valence-corrected chi connectivity index (χ2v) is 8.49. The molecule has 0 fully saturated rings. The summed E-state index contributed by atoms with van der Waals surface area (Å²) < 4.78 is 26.9. The van der Waals surface area contributed by atoms with Crippen LogP contribution in [0.4, 0.5) is 5.69 Å². The molecule has 0 aliphatic heterocycles. The lowest BCUT2D eigenvalue weighted by Crippen LogP contribution is -2.41. The maximum absolute atomic E-state index is 12.2. The molecule has 1 amide bonds. The lowest BCUT2D eigenvalue weighted by Gasteiger charge is -2.14. The van der Waals surface area contributed by atoms with Gasteiger partial charge in [0.25, 0.3) is 10.0 Å². The topological polar surface area (TPSA) is 75.3 Å². The first-order chi connectivity index (χ1) is 11.0. The maximum Gasteiger partial charge on any atom is 0.250 e. The van der Waals surface area contributed by atoms with E-state index in [4.69, 9.17) is 0 Å². The van der Waals surface area contributed by atoms with Crippen LogP contribution in [0.3, 0.4) is 0 Å². The van der Waals surface area contributed by atoms with Gasteiger partial charge in [0.1, 0.15) is 4.21 Å². The number of carbonyl (C=O) groups excluding carboxylic acids is 1. The van der Waals surface area contributed by atoms with E-state index in [-0.39, 0.29) is 10.1 Å². The Morgan fingerprint density at radius 3 is 2.74 bits per heavy atom. The van der Waals surface area contributed by atoms with Gasteiger partial charge in [-0.25, -0.2) is 8.42 Å². The quantitative estimate of drug-likeness (QED) is 0.870. The molecule has 23 heavy (non-hydrogen) atoms. The van der Waals surface area contributed by atoms with Gasteiger partial charge in [-0.15, -0.1) is 11.3 Å². The molecule has 1 aliphatic carbocycles. The van der Waals surface area contributed by atoms with Crippen molar-refractivity contribution in [2.75, 3.05) is 5.32 Å². The van der Waals surface area contributed by atoms with E-state index in [1.165, 1.54) is 24.1 Å². The van der Waals surface area contributed by atoms with Crippen LogP contribution >= 0.6 is 11.3 Å². The number of hydrogen-bond donors (Lipinski definition) is 2. The van der Waals surface area contributed by atoms with Crippen LogP contribution in [-0.2, 0) is 27.7 Å². The summed E-state index contributed by atoms with van der Waals surface area (Å²) in [5.74, 6) is -0.372. The molecular weight excluding hydrogens is 332 g/mol. The van der Waals surface area contributed by atoms with Crippen molar-refractivity contribution in [2.45, 2.75) is 36.4 Å². The molecule has 3 rings (SSSR count). The molecule has 122 valence electrons. The van der Waals surface area contributed by atoms with Crippen molar-refractivity contribution in [2.24, 2.45) is 0 Å². The normalized spacial score (nSPS) is 15.2. The van der Waals surface area contributed by atoms with Gasteiger partial charge in [0.15, 0.2) is 0 Å². The Morgan fingerprint density at radius 1 is 1.22 bits per heavy atom. The maximum atomic E-state index is 12.2. The standard InChI is InChI=1S/C16H18N2O3S2/c1-11(18-23(20,21)15-6-3-9-22-15)16(19)17-14-8-7-12-4-2-5-13(12)10-14/h3,6-11,18H,2,4-5H2,1H3,(H,17,19). The number of amides is 1. The van der Waals surface area contributed by atoms with Crippen molar-refractivity contribution in [3.63, 3.8) is 0 Å². The van der Waals surface area contributed by atoms with E-state index in [1.807, 2.05) is 18.2 Å². The summed E-state index contributed by atoms with van der Waals surface area (Å²) in [6.45, 7) is 1.54. The molecule has 1 aromatic heterocycles. The fourth-order valence-electron chi connectivity index (χ4n) is 2.66. The molecule has 1 heterocycles. The highest BCUT2D eigenvalue weighted by Crippen LogP contribution is 2.25. The Kier molecular flexibility index (Phi) is 4.52. The SMILES string of the molecule is CC(NS(=O)(=O)c1cccs1)C(=O)Nc1ccc2c(c1)CCC2. The highest BCUT2D eigenvalue weighted by molar-refractivity contribution is 7.91. The van der Waals surface area contributed by atoms with E-state index in [1.54, 1.807) is 11.4 Å². The Bertz CT molecular complexity index is 814. The molecule has 2 aromatic rings. The van der Waals surface area contributed by atoms with Crippen LogP contribution in [0.2, 0.25) is 0 Å². The number of benzene rings is 1. The monoisotopic (exact) mass is 350 g/mol. The Morgan fingerprint density at radius 2 is 2.00 bits per heavy atom. The molecule has 0 bridgehead atoms. The van der Waals surface area contributed by atoms with Gasteiger partial charge >= 0.3 is 0 Å². The van der Waals surface area contributed by atoms with Gasteiger partial charge in [-0.1, -0.05) is 12.1 Å². The highest BCUT2D eigenvalue weighted by atomic mass is 32.2. The van der Waals surface area contributed by atoms with Crippen molar-refractivity contribution in [1.82, 2.24) is 4.72 Å². The first kappa shape index (κ1) is 16.2. The number of hydrogen-bond acceptors (Lipinski definition) is 4. The summed E-state index contributed by atoms with van der Waals surface area (Å²) in [6, 6.07) is 8.18. The van der Waals surface area contributed by atoms with E-state index in [9.17, 15) is 13.2 Å². The molecule has 2 N–H and O–H groups in total. The summed E-state index contributed by atoms with van der Waals surface area (Å²) in [5, 5.41) is 4.46. The van der Waals surface area contributed by atoms with Crippen molar-refractivity contribution >= 4 is 33.0 Å².